The maximum absolute atomic E-state index is 10.2. The van der Waals surface area contributed by atoms with Gasteiger partial charge in [0, 0.05) is 13.5 Å². The maximum Gasteiger partial charge on any atom is 0.305 e. The van der Waals surface area contributed by atoms with E-state index in [2.05, 4.69) is 0 Å². The second kappa shape index (κ2) is 5.69. The molecule has 0 saturated heterocycles. The molecule has 0 radical (unpaired) electrons. The molecule has 0 aromatic carbocycles. The van der Waals surface area contributed by atoms with Crippen LogP contribution in [0.5, 0.6) is 0 Å². The van der Waals surface area contributed by atoms with Gasteiger partial charge in [0.1, 0.15) is 0 Å². The Balaban J connectivity index is 3.59. The Bertz CT molecular complexity index is 162. The van der Waals surface area contributed by atoms with Crippen molar-refractivity contribution in [3.05, 3.63) is 0 Å². The van der Waals surface area contributed by atoms with Crippen LogP contribution in [0, 0.1) is 11.3 Å². The fourth-order valence-corrected chi connectivity index (χ4v) is 0.724. The van der Waals surface area contributed by atoms with Crippen molar-refractivity contribution < 1.29 is 14.6 Å². The molecular formula is C7H11NO3. The summed E-state index contributed by atoms with van der Waals surface area (Å²) in [6, 6.07) is 1.93. The lowest BCUT2D eigenvalue weighted by Gasteiger charge is -2.09. The van der Waals surface area contributed by atoms with Gasteiger partial charge in [-0.1, -0.05) is 0 Å². The van der Waals surface area contributed by atoms with Gasteiger partial charge in [-0.15, -0.1) is 0 Å². The second-order valence-corrected chi connectivity index (χ2v) is 2.15. The normalized spacial score (nSPS) is 12.0. The summed E-state index contributed by atoms with van der Waals surface area (Å²) >= 11 is 0. The largest absolute Gasteiger partial charge is 0.481 e. The summed E-state index contributed by atoms with van der Waals surface area (Å²) < 4.78 is 4.83. The molecule has 0 aliphatic heterocycles. The average molecular weight is 157 g/mol. The molecule has 1 unspecified atom stereocenters. The Hall–Kier alpha value is -1.08. The van der Waals surface area contributed by atoms with Gasteiger partial charge in [-0.3, -0.25) is 4.79 Å². The summed E-state index contributed by atoms with van der Waals surface area (Å²) in [6.07, 6.45) is 0.468. The van der Waals surface area contributed by atoms with Crippen LogP contribution in [0.1, 0.15) is 19.3 Å². The van der Waals surface area contributed by atoms with Crippen LogP contribution in [0.25, 0.3) is 0 Å². The molecule has 0 spiro atoms. The van der Waals surface area contributed by atoms with E-state index >= 15 is 0 Å². The van der Waals surface area contributed by atoms with Crippen LogP contribution in [0.15, 0.2) is 0 Å². The Morgan fingerprint density at radius 2 is 2.45 bits per heavy atom. The average Bonchev–Trinajstić information content (AvgIpc) is 1.97. The van der Waals surface area contributed by atoms with Crippen LogP contribution in [0.4, 0.5) is 0 Å². The molecule has 0 rings (SSSR count). The fraction of sp³-hybridized carbons (Fsp3) is 0.714. The summed E-state index contributed by atoms with van der Waals surface area (Å²) in [5.74, 6) is -0.894. The lowest BCUT2D eigenvalue weighted by Crippen LogP contribution is -2.15. The van der Waals surface area contributed by atoms with Gasteiger partial charge in [-0.25, -0.2) is 0 Å². The van der Waals surface area contributed by atoms with Gasteiger partial charge in [-0.05, 0) is 6.42 Å². The summed E-state index contributed by atoms with van der Waals surface area (Å²) in [6.45, 7) is 0. The van der Waals surface area contributed by atoms with E-state index in [1.165, 1.54) is 7.11 Å². The van der Waals surface area contributed by atoms with Crippen molar-refractivity contribution in [1.29, 1.82) is 5.26 Å². The number of carbonyl (C=O) groups is 1. The van der Waals surface area contributed by atoms with Gasteiger partial charge in [0.15, 0.2) is 0 Å². The minimum atomic E-state index is -0.894. The molecule has 62 valence electrons. The van der Waals surface area contributed by atoms with Crippen LogP contribution in [0.3, 0.4) is 0 Å². The van der Waals surface area contributed by atoms with Gasteiger partial charge in [-0.2, -0.15) is 5.26 Å². The minimum Gasteiger partial charge on any atom is -0.481 e. The Morgan fingerprint density at radius 1 is 1.82 bits per heavy atom. The third kappa shape index (κ3) is 5.37. The van der Waals surface area contributed by atoms with Crippen molar-refractivity contribution in [1.82, 2.24) is 0 Å². The lowest BCUT2D eigenvalue weighted by atomic mass is 10.1. The van der Waals surface area contributed by atoms with Crippen molar-refractivity contribution in [3.8, 4) is 6.07 Å². The zero-order valence-corrected chi connectivity index (χ0v) is 6.41. The molecule has 0 fully saturated rings. The van der Waals surface area contributed by atoms with E-state index in [-0.39, 0.29) is 12.5 Å². The third-order valence-electron chi connectivity index (χ3n) is 1.31. The topological polar surface area (TPSA) is 70.3 Å². The van der Waals surface area contributed by atoms with E-state index in [0.29, 0.717) is 12.8 Å². The summed E-state index contributed by atoms with van der Waals surface area (Å²) in [5.41, 5.74) is 0. The number of carboxylic acid groups (broad SMARTS) is 1. The quantitative estimate of drug-likeness (QED) is 0.640. The molecule has 0 saturated carbocycles. The lowest BCUT2D eigenvalue weighted by molar-refractivity contribution is -0.139. The number of hydrogen-bond donors (Lipinski definition) is 1. The van der Waals surface area contributed by atoms with E-state index < -0.39 is 5.97 Å². The number of carboxylic acids is 1. The molecule has 0 aromatic rings. The van der Waals surface area contributed by atoms with Crippen LogP contribution in [-0.4, -0.2) is 24.3 Å². The zero-order valence-electron chi connectivity index (χ0n) is 6.41. The summed E-state index contributed by atoms with van der Waals surface area (Å²) in [4.78, 5) is 10.2. The first-order valence-corrected chi connectivity index (χ1v) is 3.32. The molecule has 1 N–H and O–H groups in total. The van der Waals surface area contributed by atoms with Gasteiger partial charge < -0.3 is 9.84 Å². The Morgan fingerprint density at radius 3 is 2.82 bits per heavy atom. The number of nitrogens with zero attached hydrogens (tertiary/aromatic N) is 1. The highest BCUT2D eigenvalue weighted by Crippen LogP contribution is 2.04. The van der Waals surface area contributed by atoms with Gasteiger partial charge >= 0.3 is 5.97 Å². The van der Waals surface area contributed by atoms with Crippen molar-refractivity contribution in [2.24, 2.45) is 0 Å². The summed E-state index contributed by atoms with van der Waals surface area (Å²) in [5, 5.41) is 16.5. The molecule has 4 heteroatoms. The van der Waals surface area contributed by atoms with Crippen molar-refractivity contribution >= 4 is 5.97 Å². The molecule has 0 amide bonds. The number of ether oxygens (including phenoxy) is 1. The van der Waals surface area contributed by atoms with Crippen LogP contribution in [-0.2, 0) is 9.53 Å². The minimum absolute atomic E-state index is 0.0296. The molecule has 11 heavy (non-hydrogen) atoms. The molecule has 4 nitrogen and oxygen atoms in total. The maximum atomic E-state index is 10.2. The number of hydrogen-bond acceptors (Lipinski definition) is 3. The first-order chi connectivity index (χ1) is 5.20. The van der Waals surface area contributed by atoms with Gasteiger partial charge in [0.2, 0.25) is 0 Å². The molecule has 1 atom stereocenters. The van der Waals surface area contributed by atoms with E-state index in [4.69, 9.17) is 15.1 Å². The monoisotopic (exact) mass is 157 g/mol. The highest BCUT2D eigenvalue weighted by Gasteiger charge is 2.10. The highest BCUT2D eigenvalue weighted by molar-refractivity contribution is 5.67. The number of aliphatic carboxylic acids is 1. The van der Waals surface area contributed by atoms with Crippen molar-refractivity contribution in [3.63, 3.8) is 0 Å². The Labute approximate surface area is 65.4 Å². The van der Waals surface area contributed by atoms with E-state index in [1.54, 1.807) is 0 Å². The van der Waals surface area contributed by atoms with E-state index in [1.807, 2.05) is 6.07 Å². The summed E-state index contributed by atoms with van der Waals surface area (Å²) in [7, 11) is 1.45. The molecule has 0 heterocycles. The molecule has 0 aliphatic carbocycles. The number of rotatable bonds is 5. The standard InChI is InChI=1S/C7H11NO3/c1-11-6(3-2-4-8)5-7(9)10/h6H,2-3,5H2,1H3,(H,9,10). The van der Waals surface area contributed by atoms with Crippen LogP contribution in [0.2, 0.25) is 0 Å². The number of nitriles is 1. The van der Waals surface area contributed by atoms with Crippen molar-refractivity contribution in [2.45, 2.75) is 25.4 Å². The van der Waals surface area contributed by atoms with Crippen molar-refractivity contribution in [2.75, 3.05) is 7.11 Å². The number of methoxy groups -OCH3 is 1. The predicted octanol–water partition coefficient (Wildman–Crippen LogP) is 0.780. The molecule has 0 aromatic heterocycles. The highest BCUT2D eigenvalue weighted by atomic mass is 16.5. The Kier molecular flexibility index (Phi) is 5.13. The third-order valence-corrected chi connectivity index (χ3v) is 1.31. The van der Waals surface area contributed by atoms with Crippen LogP contribution >= 0.6 is 0 Å². The fourth-order valence-electron chi connectivity index (χ4n) is 0.724. The smallest absolute Gasteiger partial charge is 0.305 e. The first kappa shape index (κ1) is 9.92. The van der Waals surface area contributed by atoms with E-state index in [0.717, 1.165) is 0 Å². The zero-order chi connectivity index (χ0) is 8.69. The van der Waals surface area contributed by atoms with Gasteiger partial charge in [0.25, 0.3) is 0 Å². The molecular weight excluding hydrogens is 146 g/mol. The van der Waals surface area contributed by atoms with Crippen LogP contribution < -0.4 is 0 Å². The predicted molar refractivity (Wildman–Crippen MR) is 37.9 cm³/mol. The van der Waals surface area contributed by atoms with Gasteiger partial charge in [0.05, 0.1) is 18.6 Å². The molecule has 0 aliphatic rings. The SMILES string of the molecule is COC(CCC#N)CC(=O)O. The first-order valence-electron chi connectivity index (χ1n) is 3.32. The van der Waals surface area contributed by atoms with E-state index in [9.17, 15) is 4.79 Å². The molecule has 0 bridgehead atoms. The second-order valence-electron chi connectivity index (χ2n) is 2.15.